The molecule has 3 aromatic rings. The summed E-state index contributed by atoms with van der Waals surface area (Å²) in [5, 5.41) is 9.42. The van der Waals surface area contributed by atoms with Crippen LogP contribution in [0.3, 0.4) is 0 Å². The smallest absolute Gasteiger partial charge is 0.260 e. The van der Waals surface area contributed by atoms with Gasteiger partial charge in [-0.15, -0.1) is 0 Å². The Morgan fingerprint density at radius 2 is 2.10 bits per heavy atom. The van der Waals surface area contributed by atoms with E-state index in [1.54, 1.807) is 4.40 Å². The van der Waals surface area contributed by atoms with Crippen LogP contribution in [-0.2, 0) is 6.42 Å². The van der Waals surface area contributed by atoms with E-state index in [1.165, 1.54) is 0 Å². The van der Waals surface area contributed by atoms with Crippen molar-refractivity contribution in [2.75, 3.05) is 0 Å². The van der Waals surface area contributed by atoms with E-state index in [9.17, 15) is 10.1 Å². The number of aromatic amines is 1. The SMILES string of the molecule is CCc1c(C)c(C#N)c2[nH]c3cc(C)ccc3n2c1=O. The summed E-state index contributed by atoms with van der Waals surface area (Å²) in [6, 6.07) is 8.11. The lowest BCUT2D eigenvalue weighted by Crippen LogP contribution is -2.20. The molecule has 3 rings (SSSR count). The average molecular weight is 265 g/mol. The zero-order valence-corrected chi connectivity index (χ0v) is 11.7. The van der Waals surface area contributed by atoms with Crippen LogP contribution in [0.15, 0.2) is 23.0 Å². The molecule has 4 heteroatoms. The van der Waals surface area contributed by atoms with Crippen LogP contribution < -0.4 is 5.56 Å². The van der Waals surface area contributed by atoms with Gasteiger partial charge in [0.05, 0.1) is 16.6 Å². The van der Waals surface area contributed by atoms with Crippen molar-refractivity contribution in [3.8, 4) is 6.07 Å². The third-order valence-corrected chi connectivity index (χ3v) is 3.86. The third-order valence-electron chi connectivity index (χ3n) is 3.86. The third kappa shape index (κ3) is 1.50. The zero-order valence-electron chi connectivity index (χ0n) is 11.7. The van der Waals surface area contributed by atoms with Crippen LogP contribution in [0.5, 0.6) is 0 Å². The molecule has 0 fully saturated rings. The van der Waals surface area contributed by atoms with Gasteiger partial charge in [-0.1, -0.05) is 13.0 Å². The van der Waals surface area contributed by atoms with Gasteiger partial charge >= 0.3 is 0 Å². The fraction of sp³-hybridized carbons (Fsp3) is 0.250. The van der Waals surface area contributed by atoms with Gasteiger partial charge in [0.2, 0.25) is 0 Å². The molecule has 4 nitrogen and oxygen atoms in total. The summed E-state index contributed by atoms with van der Waals surface area (Å²) in [6.07, 6.45) is 0.626. The summed E-state index contributed by atoms with van der Waals surface area (Å²) in [6.45, 7) is 5.79. The highest BCUT2D eigenvalue weighted by atomic mass is 16.1. The molecule has 0 aliphatic heterocycles. The first-order valence-corrected chi connectivity index (χ1v) is 6.65. The van der Waals surface area contributed by atoms with Crippen molar-refractivity contribution in [3.63, 3.8) is 0 Å². The first-order valence-electron chi connectivity index (χ1n) is 6.65. The molecule has 0 aliphatic rings. The van der Waals surface area contributed by atoms with Crippen molar-refractivity contribution in [2.24, 2.45) is 0 Å². The number of nitrogens with one attached hydrogen (secondary N) is 1. The fourth-order valence-electron chi connectivity index (χ4n) is 2.81. The van der Waals surface area contributed by atoms with Gasteiger partial charge in [0.15, 0.2) is 0 Å². The van der Waals surface area contributed by atoms with Gasteiger partial charge in [-0.05, 0) is 43.5 Å². The van der Waals surface area contributed by atoms with Crippen molar-refractivity contribution in [1.29, 1.82) is 5.26 Å². The topological polar surface area (TPSA) is 61.1 Å². The molecule has 20 heavy (non-hydrogen) atoms. The molecule has 0 spiro atoms. The van der Waals surface area contributed by atoms with Gasteiger partial charge in [-0.3, -0.25) is 9.20 Å². The summed E-state index contributed by atoms with van der Waals surface area (Å²) in [5.74, 6) is 0. The zero-order chi connectivity index (χ0) is 14.4. The lowest BCUT2D eigenvalue weighted by atomic mass is 10.0. The Labute approximate surface area is 116 Å². The highest BCUT2D eigenvalue weighted by Crippen LogP contribution is 2.22. The molecule has 0 atom stereocenters. The minimum absolute atomic E-state index is 0.0332. The van der Waals surface area contributed by atoms with Crippen LogP contribution in [0.4, 0.5) is 0 Å². The number of rotatable bonds is 1. The molecular weight excluding hydrogens is 250 g/mol. The second-order valence-corrected chi connectivity index (χ2v) is 5.08. The van der Waals surface area contributed by atoms with Crippen molar-refractivity contribution in [1.82, 2.24) is 9.38 Å². The maximum atomic E-state index is 12.6. The second kappa shape index (κ2) is 4.24. The maximum absolute atomic E-state index is 12.6. The van der Waals surface area contributed by atoms with E-state index in [0.717, 1.165) is 22.2 Å². The number of nitrogens with zero attached hydrogens (tertiary/aromatic N) is 2. The number of H-pyrrole nitrogens is 1. The molecule has 1 aromatic carbocycles. The van der Waals surface area contributed by atoms with Crippen molar-refractivity contribution < 1.29 is 0 Å². The van der Waals surface area contributed by atoms with Crippen LogP contribution in [0, 0.1) is 25.2 Å². The van der Waals surface area contributed by atoms with Gasteiger partial charge in [-0.25, -0.2) is 0 Å². The molecule has 0 saturated carbocycles. The number of hydrogen-bond acceptors (Lipinski definition) is 2. The number of benzene rings is 1. The Balaban J connectivity index is 2.66. The minimum Gasteiger partial charge on any atom is -0.338 e. The summed E-state index contributed by atoms with van der Waals surface area (Å²) < 4.78 is 1.62. The van der Waals surface area contributed by atoms with Gasteiger partial charge in [0.25, 0.3) is 5.56 Å². The first kappa shape index (κ1) is 12.5. The van der Waals surface area contributed by atoms with Crippen molar-refractivity contribution in [2.45, 2.75) is 27.2 Å². The predicted molar refractivity (Wildman–Crippen MR) is 79.1 cm³/mol. The highest BCUT2D eigenvalue weighted by molar-refractivity contribution is 5.83. The second-order valence-electron chi connectivity index (χ2n) is 5.08. The van der Waals surface area contributed by atoms with E-state index >= 15 is 0 Å². The quantitative estimate of drug-likeness (QED) is 0.735. The molecule has 0 amide bonds. The highest BCUT2D eigenvalue weighted by Gasteiger charge is 2.17. The lowest BCUT2D eigenvalue weighted by molar-refractivity contribution is 1.00. The van der Waals surface area contributed by atoms with Gasteiger partial charge in [0, 0.05) is 5.56 Å². The number of hydrogen-bond donors (Lipinski definition) is 1. The van der Waals surface area contributed by atoms with E-state index < -0.39 is 0 Å². The molecular formula is C16H15N3O. The maximum Gasteiger partial charge on any atom is 0.260 e. The molecule has 0 saturated heterocycles. The van der Waals surface area contributed by atoms with Crippen molar-refractivity contribution >= 4 is 16.7 Å². The average Bonchev–Trinajstić information content (AvgIpc) is 2.78. The lowest BCUT2D eigenvalue weighted by Gasteiger charge is -2.06. The Kier molecular flexibility index (Phi) is 2.65. The molecule has 0 bridgehead atoms. The molecule has 100 valence electrons. The summed E-state index contributed by atoms with van der Waals surface area (Å²) >= 11 is 0. The Morgan fingerprint density at radius 3 is 2.75 bits per heavy atom. The van der Waals surface area contributed by atoms with E-state index in [2.05, 4.69) is 11.1 Å². The minimum atomic E-state index is -0.0332. The Morgan fingerprint density at radius 1 is 1.35 bits per heavy atom. The largest absolute Gasteiger partial charge is 0.338 e. The normalized spacial score (nSPS) is 11.1. The molecule has 2 heterocycles. The number of aryl methyl sites for hydroxylation is 1. The Bertz CT molecular complexity index is 938. The van der Waals surface area contributed by atoms with Crippen molar-refractivity contribution in [3.05, 3.63) is 50.8 Å². The van der Waals surface area contributed by atoms with Gasteiger partial charge < -0.3 is 4.98 Å². The van der Waals surface area contributed by atoms with Crippen LogP contribution in [0.1, 0.15) is 29.2 Å². The van der Waals surface area contributed by atoms with E-state index in [-0.39, 0.29) is 5.56 Å². The number of pyridine rings is 1. The predicted octanol–water partition coefficient (Wildman–Crippen LogP) is 2.83. The molecule has 1 N–H and O–H groups in total. The van der Waals surface area contributed by atoms with E-state index in [1.807, 2.05) is 39.0 Å². The fourth-order valence-corrected chi connectivity index (χ4v) is 2.81. The van der Waals surface area contributed by atoms with Gasteiger partial charge in [0.1, 0.15) is 11.7 Å². The van der Waals surface area contributed by atoms with Gasteiger partial charge in [-0.2, -0.15) is 5.26 Å². The number of aromatic nitrogens is 2. The molecule has 0 aliphatic carbocycles. The Hall–Kier alpha value is -2.54. The van der Waals surface area contributed by atoms with E-state index in [4.69, 9.17) is 0 Å². The molecule has 0 unspecified atom stereocenters. The van der Waals surface area contributed by atoms with E-state index in [0.29, 0.717) is 23.2 Å². The molecule has 0 radical (unpaired) electrons. The van der Waals surface area contributed by atoms with Crippen LogP contribution in [-0.4, -0.2) is 9.38 Å². The standard InChI is InChI=1S/C16H15N3O/c1-4-11-10(3)12(8-17)15-18-13-7-9(2)5-6-14(13)19(15)16(11)20/h5-7,18H,4H2,1-3H3. The first-order chi connectivity index (χ1) is 9.58. The monoisotopic (exact) mass is 265 g/mol. The van der Waals surface area contributed by atoms with Crippen LogP contribution in [0.25, 0.3) is 16.7 Å². The number of fused-ring (bicyclic) bond motifs is 3. The van der Waals surface area contributed by atoms with Crippen LogP contribution in [0.2, 0.25) is 0 Å². The summed E-state index contributed by atoms with van der Waals surface area (Å²) in [7, 11) is 0. The summed E-state index contributed by atoms with van der Waals surface area (Å²) in [4.78, 5) is 15.9. The number of nitriles is 1. The molecule has 2 aromatic heterocycles. The summed E-state index contributed by atoms with van der Waals surface area (Å²) in [5.41, 5.74) is 5.41. The van der Waals surface area contributed by atoms with Crippen LogP contribution >= 0.6 is 0 Å². The number of imidazole rings is 1.